The Bertz CT molecular complexity index is 223. The number of hydrogen-bond acceptors (Lipinski definition) is 0. The second-order valence-corrected chi connectivity index (χ2v) is 1.92. The Labute approximate surface area is 56.1 Å². The van der Waals surface area contributed by atoms with Crippen molar-refractivity contribution >= 4 is 0 Å². The van der Waals surface area contributed by atoms with Gasteiger partial charge in [-0.3, -0.25) is 0 Å². The first kappa shape index (κ1) is 7.18. The summed E-state index contributed by atoms with van der Waals surface area (Å²) in [6, 6.07) is 3.32. The van der Waals surface area contributed by atoms with Crippen LogP contribution in [0.1, 0.15) is 5.69 Å². The summed E-state index contributed by atoms with van der Waals surface area (Å²) >= 11 is 0. The van der Waals surface area contributed by atoms with Crippen molar-refractivity contribution < 1.29 is 13.2 Å². The first-order chi connectivity index (χ1) is 4.52. The van der Waals surface area contributed by atoms with Crippen LogP contribution in [0.5, 0.6) is 0 Å². The van der Waals surface area contributed by atoms with Crippen molar-refractivity contribution in [3.63, 3.8) is 0 Å². The maximum atomic E-state index is 11.8. The number of halogens is 3. The predicted octanol–water partition coefficient (Wildman–Crippen LogP) is 1.84. The Morgan fingerprint density at radius 1 is 1.50 bits per heavy atom. The normalized spacial score (nSPS) is 12.0. The van der Waals surface area contributed by atoms with Crippen LogP contribution in [0.15, 0.2) is 12.3 Å². The largest absolute Gasteiger partial charge is 0.432 e. The Balaban J connectivity index is 3.05. The summed E-state index contributed by atoms with van der Waals surface area (Å²) in [4.78, 5) is 0. The minimum Gasteiger partial charge on any atom is -0.347 e. The zero-order valence-corrected chi connectivity index (χ0v) is 5.24. The van der Waals surface area contributed by atoms with Crippen LogP contribution in [-0.4, -0.2) is 4.57 Å². The molecule has 1 aromatic heterocycles. The molecule has 0 aromatic carbocycles. The lowest BCUT2D eigenvalue weighted by atomic mass is 10.4. The van der Waals surface area contributed by atoms with Crippen molar-refractivity contribution in [1.82, 2.24) is 4.57 Å². The zero-order valence-electron chi connectivity index (χ0n) is 5.24. The molecule has 0 fully saturated rings. The molecule has 0 aliphatic carbocycles. The van der Waals surface area contributed by atoms with E-state index in [1.54, 1.807) is 0 Å². The molecule has 0 aliphatic rings. The van der Waals surface area contributed by atoms with E-state index in [-0.39, 0.29) is 0 Å². The van der Waals surface area contributed by atoms with E-state index in [0.717, 1.165) is 4.57 Å². The third-order valence-corrected chi connectivity index (χ3v) is 1.14. The fourth-order valence-corrected chi connectivity index (χ4v) is 0.686. The maximum Gasteiger partial charge on any atom is 0.432 e. The van der Waals surface area contributed by atoms with Crippen molar-refractivity contribution in [2.75, 3.05) is 0 Å². The second-order valence-electron chi connectivity index (χ2n) is 1.92. The Hall–Kier alpha value is -0.930. The van der Waals surface area contributed by atoms with Gasteiger partial charge in [-0.05, 0) is 6.07 Å². The van der Waals surface area contributed by atoms with Crippen LogP contribution in [0.25, 0.3) is 0 Å². The van der Waals surface area contributed by atoms with Crippen LogP contribution in [0.2, 0.25) is 0 Å². The lowest BCUT2D eigenvalue weighted by Crippen LogP contribution is -2.10. The van der Waals surface area contributed by atoms with Gasteiger partial charge in [0.05, 0.1) is 0 Å². The molecule has 1 radical (unpaired) electrons. The van der Waals surface area contributed by atoms with Gasteiger partial charge in [-0.1, -0.05) is 0 Å². The fourth-order valence-electron chi connectivity index (χ4n) is 0.686. The van der Waals surface area contributed by atoms with Gasteiger partial charge in [0.1, 0.15) is 5.69 Å². The number of aryl methyl sites for hydroxylation is 1. The third-order valence-electron chi connectivity index (χ3n) is 1.14. The summed E-state index contributed by atoms with van der Waals surface area (Å²) in [6.45, 7) is 0. The number of rotatable bonds is 0. The number of hydrogen-bond donors (Lipinski definition) is 0. The average molecular weight is 148 g/mol. The van der Waals surface area contributed by atoms with Gasteiger partial charge >= 0.3 is 6.18 Å². The lowest BCUT2D eigenvalue weighted by Gasteiger charge is -2.05. The molecule has 1 heterocycles. The van der Waals surface area contributed by atoms with Crippen molar-refractivity contribution in [2.24, 2.45) is 7.05 Å². The van der Waals surface area contributed by atoms with Gasteiger partial charge < -0.3 is 4.57 Å². The molecule has 10 heavy (non-hydrogen) atoms. The predicted molar refractivity (Wildman–Crippen MR) is 29.3 cm³/mol. The smallest absolute Gasteiger partial charge is 0.347 e. The van der Waals surface area contributed by atoms with Crippen LogP contribution >= 0.6 is 0 Å². The molecule has 0 aliphatic heterocycles. The maximum absolute atomic E-state index is 11.8. The van der Waals surface area contributed by atoms with E-state index < -0.39 is 11.9 Å². The number of nitrogens with zero attached hydrogens (tertiary/aromatic N) is 1. The van der Waals surface area contributed by atoms with E-state index in [0.29, 0.717) is 0 Å². The van der Waals surface area contributed by atoms with E-state index >= 15 is 0 Å². The molecule has 0 saturated heterocycles. The summed E-state index contributed by atoms with van der Waals surface area (Å²) in [5.41, 5.74) is -0.743. The minimum absolute atomic E-state index is 0.743. The van der Waals surface area contributed by atoms with E-state index in [9.17, 15) is 13.2 Å². The molecule has 0 saturated carbocycles. The Morgan fingerprint density at radius 2 is 2.10 bits per heavy atom. The molecule has 1 aromatic rings. The van der Waals surface area contributed by atoms with Crippen molar-refractivity contribution in [2.45, 2.75) is 6.18 Å². The highest BCUT2D eigenvalue weighted by Crippen LogP contribution is 2.28. The van der Waals surface area contributed by atoms with Gasteiger partial charge in [-0.25, -0.2) is 0 Å². The lowest BCUT2D eigenvalue weighted by molar-refractivity contribution is -0.143. The van der Waals surface area contributed by atoms with Crippen LogP contribution in [0.4, 0.5) is 13.2 Å². The Kier molecular flexibility index (Phi) is 1.46. The first-order valence-electron chi connectivity index (χ1n) is 2.62. The van der Waals surface area contributed by atoms with Gasteiger partial charge in [-0.15, -0.1) is 0 Å². The molecular weight excluding hydrogens is 143 g/mol. The molecule has 55 valence electrons. The van der Waals surface area contributed by atoms with Crippen LogP contribution < -0.4 is 0 Å². The summed E-state index contributed by atoms with van der Waals surface area (Å²) < 4.78 is 36.5. The SMILES string of the molecule is Cn1cc[c]c1C(F)(F)F. The topological polar surface area (TPSA) is 4.93 Å². The fraction of sp³-hybridized carbons (Fsp3) is 0.333. The third kappa shape index (κ3) is 1.15. The highest BCUT2D eigenvalue weighted by molar-refractivity contribution is 5.07. The van der Waals surface area contributed by atoms with Gasteiger partial charge in [0.15, 0.2) is 0 Å². The van der Waals surface area contributed by atoms with E-state index in [1.807, 2.05) is 0 Å². The van der Waals surface area contributed by atoms with Crippen molar-refractivity contribution in [3.05, 3.63) is 24.0 Å². The monoisotopic (exact) mass is 148 g/mol. The van der Waals surface area contributed by atoms with E-state index in [2.05, 4.69) is 6.07 Å². The summed E-state index contributed by atoms with van der Waals surface area (Å²) in [5, 5.41) is 0. The zero-order chi connectivity index (χ0) is 7.78. The average Bonchev–Trinajstić information content (AvgIpc) is 2.11. The number of aromatic nitrogens is 1. The quantitative estimate of drug-likeness (QED) is 0.529. The highest BCUT2D eigenvalue weighted by atomic mass is 19.4. The standard InChI is InChI=1S/C6H5F3N/c1-10-4-2-3-5(10)6(7,8)9/h2,4H,1H3. The van der Waals surface area contributed by atoms with Crippen molar-refractivity contribution in [3.8, 4) is 0 Å². The Morgan fingerprint density at radius 3 is 2.30 bits per heavy atom. The molecule has 4 heteroatoms. The molecule has 1 rings (SSSR count). The molecule has 0 unspecified atom stereocenters. The molecule has 0 spiro atoms. The van der Waals surface area contributed by atoms with Gasteiger partial charge in [0.25, 0.3) is 0 Å². The molecule has 1 nitrogen and oxygen atoms in total. The van der Waals surface area contributed by atoms with Crippen LogP contribution in [0, 0.1) is 6.07 Å². The summed E-state index contributed by atoms with van der Waals surface area (Å²) in [6.07, 6.45) is -2.97. The molecule has 0 atom stereocenters. The van der Waals surface area contributed by atoms with Gasteiger partial charge in [0, 0.05) is 19.3 Å². The molecular formula is C6H5F3N. The number of alkyl halides is 3. The summed E-state index contributed by atoms with van der Waals surface area (Å²) in [5.74, 6) is 0. The van der Waals surface area contributed by atoms with E-state index in [1.165, 1.54) is 19.3 Å². The second kappa shape index (κ2) is 2.04. The summed E-state index contributed by atoms with van der Waals surface area (Å²) in [7, 11) is 1.33. The van der Waals surface area contributed by atoms with Crippen molar-refractivity contribution in [1.29, 1.82) is 0 Å². The first-order valence-corrected chi connectivity index (χ1v) is 2.62. The van der Waals surface area contributed by atoms with Crippen LogP contribution in [-0.2, 0) is 13.2 Å². The van der Waals surface area contributed by atoms with Gasteiger partial charge in [0.2, 0.25) is 0 Å². The molecule has 0 bridgehead atoms. The van der Waals surface area contributed by atoms with Crippen LogP contribution in [0.3, 0.4) is 0 Å². The van der Waals surface area contributed by atoms with Gasteiger partial charge in [-0.2, -0.15) is 13.2 Å². The minimum atomic E-state index is -4.28. The highest BCUT2D eigenvalue weighted by Gasteiger charge is 2.33. The molecule has 0 amide bonds. The van der Waals surface area contributed by atoms with E-state index in [4.69, 9.17) is 0 Å². The molecule has 0 N–H and O–H groups in total.